The smallest absolute Gasteiger partial charge is 0.250 e. The van der Waals surface area contributed by atoms with E-state index in [-0.39, 0.29) is 5.56 Å². The number of fused-ring (bicyclic) bond motifs is 4. The third-order valence-corrected chi connectivity index (χ3v) is 6.95. The second-order valence-corrected chi connectivity index (χ2v) is 9.04. The van der Waals surface area contributed by atoms with Crippen LogP contribution in [0.3, 0.4) is 0 Å². The van der Waals surface area contributed by atoms with Crippen LogP contribution in [-0.4, -0.2) is 85.2 Å². The van der Waals surface area contributed by atoms with Gasteiger partial charge >= 0.3 is 0 Å². The fourth-order valence-corrected chi connectivity index (χ4v) is 5.35. The number of pyridine rings is 1. The van der Waals surface area contributed by atoms with Crippen molar-refractivity contribution in [2.75, 3.05) is 80.4 Å². The number of morpholine rings is 2. The van der Waals surface area contributed by atoms with Crippen molar-refractivity contribution in [3.63, 3.8) is 0 Å². The predicted octanol–water partition coefficient (Wildman–Crippen LogP) is 0.330. The summed E-state index contributed by atoms with van der Waals surface area (Å²) in [5.41, 5.74) is 1.24. The Hall–Kier alpha value is -2.72. The van der Waals surface area contributed by atoms with E-state index >= 15 is 0 Å². The second-order valence-electron chi connectivity index (χ2n) is 9.04. The van der Waals surface area contributed by atoms with Crippen LogP contribution in [0.1, 0.15) is 18.0 Å². The van der Waals surface area contributed by atoms with E-state index in [2.05, 4.69) is 20.8 Å². The van der Waals surface area contributed by atoms with Crippen LogP contribution in [0, 0.1) is 5.92 Å². The summed E-state index contributed by atoms with van der Waals surface area (Å²) in [4.78, 5) is 33.7. The van der Waals surface area contributed by atoms with E-state index in [9.17, 15) is 4.79 Å². The van der Waals surface area contributed by atoms with Crippen LogP contribution in [-0.2, 0) is 16.0 Å². The molecule has 3 saturated heterocycles. The summed E-state index contributed by atoms with van der Waals surface area (Å²) in [6.07, 6.45) is 1.11. The lowest BCUT2D eigenvalue weighted by Gasteiger charge is -2.43. The molecule has 10 nitrogen and oxygen atoms in total. The van der Waals surface area contributed by atoms with Crippen molar-refractivity contribution < 1.29 is 9.47 Å². The van der Waals surface area contributed by atoms with Crippen LogP contribution in [0.5, 0.6) is 0 Å². The van der Waals surface area contributed by atoms with Gasteiger partial charge in [0.1, 0.15) is 0 Å². The van der Waals surface area contributed by atoms with E-state index in [1.54, 1.807) is 6.07 Å². The molecular weight excluding hydrogens is 410 g/mol. The summed E-state index contributed by atoms with van der Waals surface area (Å²) in [5.74, 6) is 2.92. The van der Waals surface area contributed by atoms with Gasteiger partial charge in [0.15, 0.2) is 0 Å². The molecule has 6 rings (SSSR count). The van der Waals surface area contributed by atoms with Crippen molar-refractivity contribution in [1.29, 1.82) is 0 Å². The predicted molar refractivity (Wildman–Crippen MR) is 120 cm³/mol. The Kier molecular flexibility index (Phi) is 5.18. The number of hydrogen-bond acceptors (Lipinski definition) is 9. The molecule has 0 unspecified atom stereocenters. The monoisotopic (exact) mass is 439 g/mol. The Morgan fingerprint density at radius 2 is 1.34 bits per heavy atom. The first kappa shape index (κ1) is 19.9. The maximum absolute atomic E-state index is 12.4. The van der Waals surface area contributed by atoms with Gasteiger partial charge in [-0.25, -0.2) is 0 Å². The molecule has 0 spiro atoms. The highest BCUT2D eigenvalue weighted by molar-refractivity contribution is 5.48. The summed E-state index contributed by atoms with van der Waals surface area (Å²) in [6, 6.07) is 5.64. The van der Waals surface area contributed by atoms with Gasteiger partial charge in [-0.2, -0.15) is 15.0 Å². The molecule has 2 atom stereocenters. The Morgan fingerprint density at radius 1 is 0.750 bits per heavy atom. The first-order valence-electron chi connectivity index (χ1n) is 11.6. The SMILES string of the molecule is O=c1cccc2n1C[C@@H]1C[C@H]2CN(c2nc(N3CCOCC3)nc(N3CCOCC3)n2)C1. The molecule has 0 radical (unpaired) electrons. The van der Waals surface area contributed by atoms with E-state index in [0.29, 0.717) is 38.3 Å². The Bertz CT molecular complexity index is 996. The maximum Gasteiger partial charge on any atom is 0.250 e. The number of rotatable bonds is 3. The summed E-state index contributed by atoms with van der Waals surface area (Å²) in [6.45, 7) is 8.32. The fraction of sp³-hybridized carbons (Fsp3) is 0.636. The molecule has 4 aliphatic heterocycles. The van der Waals surface area contributed by atoms with Crippen LogP contribution in [0.2, 0.25) is 0 Å². The average molecular weight is 440 g/mol. The molecule has 0 N–H and O–H groups in total. The molecule has 2 aromatic heterocycles. The van der Waals surface area contributed by atoms with Gasteiger partial charge in [-0.3, -0.25) is 4.79 Å². The van der Waals surface area contributed by atoms with Crippen LogP contribution < -0.4 is 20.3 Å². The Balaban J connectivity index is 1.34. The van der Waals surface area contributed by atoms with Crippen LogP contribution in [0.25, 0.3) is 0 Å². The van der Waals surface area contributed by atoms with Crippen molar-refractivity contribution in [3.8, 4) is 0 Å². The van der Waals surface area contributed by atoms with Crippen molar-refractivity contribution in [3.05, 3.63) is 34.2 Å². The van der Waals surface area contributed by atoms with Gasteiger partial charge < -0.3 is 28.7 Å². The molecule has 170 valence electrons. The van der Waals surface area contributed by atoms with Gasteiger partial charge in [-0.1, -0.05) is 6.07 Å². The summed E-state index contributed by atoms with van der Waals surface area (Å²) in [7, 11) is 0. The lowest BCUT2D eigenvalue weighted by molar-refractivity contribution is 0.121. The minimum atomic E-state index is 0.106. The van der Waals surface area contributed by atoms with Gasteiger partial charge in [0.25, 0.3) is 5.56 Å². The van der Waals surface area contributed by atoms with E-state index in [4.69, 9.17) is 24.4 Å². The molecule has 3 fully saturated rings. The van der Waals surface area contributed by atoms with E-state index in [1.807, 2.05) is 10.6 Å². The van der Waals surface area contributed by atoms with Gasteiger partial charge in [0.2, 0.25) is 17.8 Å². The lowest BCUT2D eigenvalue weighted by Crippen LogP contribution is -2.48. The normalized spacial score (nSPS) is 25.6. The largest absolute Gasteiger partial charge is 0.378 e. The number of anilines is 3. The van der Waals surface area contributed by atoms with E-state index < -0.39 is 0 Å². The van der Waals surface area contributed by atoms with Crippen LogP contribution in [0.15, 0.2) is 23.0 Å². The highest BCUT2D eigenvalue weighted by Crippen LogP contribution is 2.36. The molecule has 6 heterocycles. The van der Waals surface area contributed by atoms with Crippen molar-refractivity contribution >= 4 is 17.8 Å². The minimum absolute atomic E-state index is 0.106. The second kappa shape index (κ2) is 8.32. The summed E-state index contributed by atoms with van der Waals surface area (Å²) < 4.78 is 13.0. The van der Waals surface area contributed by atoms with Crippen LogP contribution >= 0.6 is 0 Å². The molecule has 4 aliphatic rings. The first-order valence-corrected chi connectivity index (χ1v) is 11.6. The summed E-state index contributed by atoms with van der Waals surface area (Å²) in [5, 5.41) is 0. The van der Waals surface area contributed by atoms with Crippen LogP contribution in [0.4, 0.5) is 17.8 Å². The Morgan fingerprint density at radius 3 is 1.97 bits per heavy atom. The molecular formula is C22H29N7O3. The number of hydrogen-bond donors (Lipinski definition) is 0. The topological polar surface area (TPSA) is 88.9 Å². The molecule has 0 aromatic carbocycles. The van der Waals surface area contributed by atoms with Gasteiger partial charge in [0.05, 0.1) is 26.4 Å². The van der Waals surface area contributed by atoms with Gasteiger partial charge in [0, 0.05) is 63.5 Å². The lowest BCUT2D eigenvalue weighted by atomic mass is 9.83. The summed E-state index contributed by atoms with van der Waals surface area (Å²) >= 11 is 0. The molecule has 2 aromatic rings. The van der Waals surface area contributed by atoms with Crippen molar-refractivity contribution in [2.45, 2.75) is 18.9 Å². The van der Waals surface area contributed by atoms with Crippen molar-refractivity contribution in [2.24, 2.45) is 5.92 Å². The molecule has 0 aliphatic carbocycles. The van der Waals surface area contributed by atoms with E-state index in [1.165, 1.54) is 0 Å². The maximum atomic E-state index is 12.4. The van der Waals surface area contributed by atoms with Gasteiger partial charge in [-0.05, 0) is 18.4 Å². The zero-order chi connectivity index (χ0) is 21.5. The number of ether oxygens (including phenoxy) is 2. The number of aromatic nitrogens is 4. The first-order chi connectivity index (χ1) is 15.7. The third kappa shape index (κ3) is 3.71. The van der Waals surface area contributed by atoms with Gasteiger partial charge in [-0.15, -0.1) is 0 Å². The molecule has 0 saturated carbocycles. The van der Waals surface area contributed by atoms with Crippen molar-refractivity contribution in [1.82, 2.24) is 19.5 Å². The zero-order valence-corrected chi connectivity index (χ0v) is 18.2. The standard InChI is InChI=1S/C22H29N7O3/c30-19-3-1-2-18-17-12-16(14-29(18)19)13-28(15-17)22-24-20(26-4-8-31-9-5-26)23-21(25-22)27-6-10-32-11-7-27/h1-3,16-17H,4-15H2/t16-,17+/m1/s1. The molecule has 2 bridgehead atoms. The molecule has 10 heteroatoms. The highest BCUT2D eigenvalue weighted by atomic mass is 16.5. The number of piperidine rings is 1. The molecule has 0 amide bonds. The zero-order valence-electron chi connectivity index (χ0n) is 18.2. The minimum Gasteiger partial charge on any atom is -0.378 e. The highest BCUT2D eigenvalue weighted by Gasteiger charge is 2.36. The fourth-order valence-electron chi connectivity index (χ4n) is 5.35. The van der Waals surface area contributed by atoms with E-state index in [0.717, 1.165) is 75.8 Å². The third-order valence-electron chi connectivity index (χ3n) is 6.95. The average Bonchev–Trinajstić information content (AvgIpc) is 2.85. The Labute approximate surface area is 186 Å². The molecule has 32 heavy (non-hydrogen) atoms. The number of nitrogens with zero attached hydrogens (tertiary/aromatic N) is 7. The quantitative estimate of drug-likeness (QED) is 0.671.